The first kappa shape index (κ1) is 11.3. The number of carboxylic acids is 1. The highest BCUT2D eigenvalue weighted by molar-refractivity contribution is 5.85. The number of carboxylic acid groups (broad SMARTS) is 1. The molecule has 2 aromatic rings. The fraction of sp³-hybridized carbons (Fsp3) is 0.167. The van der Waals surface area contributed by atoms with Crippen LogP contribution in [0.1, 0.15) is 27.7 Å². The van der Waals surface area contributed by atoms with Crippen molar-refractivity contribution < 1.29 is 18.7 Å². The van der Waals surface area contributed by atoms with Crippen molar-refractivity contribution in [1.82, 2.24) is 4.98 Å². The zero-order valence-electron chi connectivity index (χ0n) is 9.11. The van der Waals surface area contributed by atoms with E-state index in [1.165, 1.54) is 12.1 Å². The van der Waals surface area contributed by atoms with Gasteiger partial charge in [-0.15, -0.1) is 0 Å². The summed E-state index contributed by atoms with van der Waals surface area (Å²) in [7, 11) is 0. The van der Waals surface area contributed by atoms with Crippen LogP contribution in [0.25, 0.3) is 0 Å². The Balaban J connectivity index is 2.22. The van der Waals surface area contributed by atoms with Crippen LogP contribution < -0.4 is 0 Å². The third kappa shape index (κ3) is 2.50. The Labute approximate surface area is 96.7 Å². The molecule has 4 nitrogen and oxygen atoms in total. The zero-order chi connectivity index (χ0) is 12.4. The van der Waals surface area contributed by atoms with E-state index in [9.17, 15) is 9.18 Å². The van der Waals surface area contributed by atoms with Gasteiger partial charge in [-0.3, -0.25) is 0 Å². The van der Waals surface area contributed by atoms with E-state index < -0.39 is 5.97 Å². The van der Waals surface area contributed by atoms with Gasteiger partial charge in [0.15, 0.2) is 5.89 Å². The van der Waals surface area contributed by atoms with E-state index in [1.807, 2.05) is 0 Å². The minimum atomic E-state index is -1.14. The van der Waals surface area contributed by atoms with Crippen LogP contribution >= 0.6 is 0 Å². The summed E-state index contributed by atoms with van der Waals surface area (Å²) in [6, 6.07) is 5.89. The summed E-state index contributed by atoms with van der Waals surface area (Å²) in [5.41, 5.74) is 1.15. The van der Waals surface area contributed by atoms with Gasteiger partial charge in [-0.25, -0.2) is 14.2 Å². The predicted octanol–water partition coefficient (Wildman–Crippen LogP) is 2.41. The molecule has 5 heteroatoms. The van der Waals surface area contributed by atoms with Gasteiger partial charge >= 0.3 is 5.97 Å². The van der Waals surface area contributed by atoms with Crippen LogP contribution in [0.3, 0.4) is 0 Å². The van der Waals surface area contributed by atoms with E-state index in [-0.39, 0.29) is 11.6 Å². The molecule has 0 aliphatic rings. The van der Waals surface area contributed by atoms with E-state index >= 15 is 0 Å². The Morgan fingerprint density at radius 3 is 2.59 bits per heavy atom. The third-order valence-corrected chi connectivity index (χ3v) is 2.30. The van der Waals surface area contributed by atoms with Gasteiger partial charge in [0.05, 0.1) is 5.69 Å². The van der Waals surface area contributed by atoms with E-state index in [2.05, 4.69) is 4.98 Å². The number of aryl methyl sites for hydroxylation is 1. The predicted molar refractivity (Wildman–Crippen MR) is 57.4 cm³/mol. The summed E-state index contributed by atoms with van der Waals surface area (Å²) in [6.07, 6.45) is 0.342. The lowest BCUT2D eigenvalue weighted by molar-refractivity contribution is 0.0659. The molecule has 0 amide bonds. The maximum absolute atomic E-state index is 12.7. The SMILES string of the molecule is Cc1nc(Cc2ccc(F)cc2)oc1C(=O)O. The molecule has 1 aromatic heterocycles. The van der Waals surface area contributed by atoms with Gasteiger partial charge in [-0.05, 0) is 24.6 Å². The fourth-order valence-electron chi connectivity index (χ4n) is 1.50. The Morgan fingerprint density at radius 2 is 2.06 bits per heavy atom. The van der Waals surface area contributed by atoms with Crippen molar-refractivity contribution in [3.63, 3.8) is 0 Å². The smallest absolute Gasteiger partial charge is 0.373 e. The Hall–Kier alpha value is -2.17. The van der Waals surface area contributed by atoms with Gasteiger partial charge in [0.1, 0.15) is 5.82 Å². The average molecular weight is 235 g/mol. The van der Waals surface area contributed by atoms with Crippen LogP contribution in [0.4, 0.5) is 4.39 Å². The number of aromatic carboxylic acids is 1. The number of halogens is 1. The lowest BCUT2D eigenvalue weighted by Gasteiger charge is -1.96. The largest absolute Gasteiger partial charge is 0.475 e. The number of hydrogen-bond acceptors (Lipinski definition) is 3. The summed E-state index contributed by atoms with van der Waals surface area (Å²) in [5.74, 6) is -1.29. The van der Waals surface area contributed by atoms with Crippen molar-refractivity contribution in [2.45, 2.75) is 13.3 Å². The Bertz CT molecular complexity index is 545. The maximum Gasteiger partial charge on any atom is 0.373 e. The molecule has 0 spiro atoms. The van der Waals surface area contributed by atoms with Crippen molar-refractivity contribution in [2.24, 2.45) is 0 Å². The molecule has 0 saturated heterocycles. The van der Waals surface area contributed by atoms with Crippen molar-refractivity contribution in [2.75, 3.05) is 0 Å². The second-order valence-corrected chi connectivity index (χ2v) is 3.63. The maximum atomic E-state index is 12.7. The van der Waals surface area contributed by atoms with Crippen LogP contribution in [-0.2, 0) is 6.42 Å². The zero-order valence-corrected chi connectivity index (χ0v) is 9.11. The molecular weight excluding hydrogens is 225 g/mol. The number of oxazole rings is 1. The molecule has 0 aliphatic carbocycles. The lowest BCUT2D eigenvalue weighted by atomic mass is 10.1. The van der Waals surface area contributed by atoms with Gasteiger partial charge in [0, 0.05) is 6.42 Å². The quantitative estimate of drug-likeness (QED) is 0.887. The third-order valence-electron chi connectivity index (χ3n) is 2.30. The number of carbonyl (C=O) groups is 1. The molecule has 0 fully saturated rings. The van der Waals surface area contributed by atoms with Crippen molar-refractivity contribution in [3.05, 3.63) is 53.0 Å². The highest BCUT2D eigenvalue weighted by Crippen LogP contribution is 2.14. The topological polar surface area (TPSA) is 63.3 Å². The average Bonchev–Trinajstić information content (AvgIpc) is 2.63. The van der Waals surface area contributed by atoms with Gasteiger partial charge in [-0.1, -0.05) is 12.1 Å². The normalized spacial score (nSPS) is 10.5. The van der Waals surface area contributed by atoms with Crippen LogP contribution in [0.5, 0.6) is 0 Å². The van der Waals surface area contributed by atoms with Crippen molar-refractivity contribution >= 4 is 5.97 Å². The summed E-state index contributed by atoms with van der Waals surface area (Å²) >= 11 is 0. The van der Waals surface area contributed by atoms with E-state index in [0.29, 0.717) is 18.0 Å². The highest BCUT2D eigenvalue weighted by Gasteiger charge is 2.16. The van der Waals surface area contributed by atoms with Gasteiger partial charge < -0.3 is 9.52 Å². The molecule has 88 valence electrons. The van der Waals surface area contributed by atoms with Crippen molar-refractivity contribution in [1.29, 1.82) is 0 Å². The van der Waals surface area contributed by atoms with E-state index in [4.69, 9.17) is 9.52 Å². The van der Waals surface area contributed by atoms with E-state index in [0.717, 1.165) is 5.56 Å². The molecule has 0 bridgehead atoms. The molecule has 2 rings (SSSR count). The molecule has 1 N–H and O–H groups in total. The molecular formula is C12H10FNO3. The Kier molecular flexibility index (Phi) is 2.91. The first-order chi connectivity index (χ1) is 8.06. The number of hydrogen-bond donors (Lipinski definition) is 1. The number of aromatic nitrogens is 1. The molecule has 0 aliphatic heterocycles. The number of benzene rings is 1. The second kappa shape index (κ2) is 4.37. The molecule has 1 aromatic carbocycles. The molecule has 1 heterocycles. The van der Waals surface area contributed by atoms with Crippen LogP contribution in [0.15, 0.2) is 28.7 Å². The minimum Gasteiger partial charge on any atom is -0.475 e. The summed E-state index contributed by atoms with van der Waals surface area (Å²) in [5, 5.41) is 8.80. The first-order valence-corrected chi connectivity index (χ1v) is 5.00. The Morgan fingerprint density at radius 1 is 1.41 bits per heavy atom. The van der Waals surface area contributed by atoms with Crippen LogP contribution in [0.2, 0.25) is 0 Å². The van der Waals surface area contributed by atoms with Gasteiger partial charge in [0.2, 0.25) is 5.76 Å². The number of rotatable bonds is 3. The van der Waals surface area contributed by atoms with Crippen LogP contribution in [-0.4, -0.2) is 16.1 Å². The summed E-state index contributed by atoms with van der Waals surface area (Å²) < 4.78 is 17.8. The molecule has 17 heavy (non-hydrogen) atoms. The van der Waals surface area contributed by atoms with Gasteiger partial charge in [0.25, 0.3) is 0 Å². The summed E-state index contributed by atoms with van der Waals surface area (Å²) in [4.78, 5) is 14.8. The molecule has 0 radical (unpaired) electrons. The molecule has 0 unspecified atom stereocenters. The minimum absolute atomic E-state index is 0.151. The highest BCUT2D eigenvalue weighted by atomic mass is 19.1. The lowest BCUT2D eigenvalue weighted by Crippen LogP contribution is -1.95. The van der Waals surface area contributed by atoms with Gasteiger partial charge in [-0.2, -0.15) is 0 Å². The molecule has 0 atom stereocenters. The number of nitrogens with zero attached hydrogens (tertiary/aromatic N) is 1. The standard InChI is InChI=1S/C12H10FNO3/c1-7-11(12(15)16)17-10(14-7)6-8-2-4-9(13)5-3-8/h2-5H,6H2,1H3,(H,15,16). The summed E-state index contributed by atoms with van der Waals surface area (Å²) in [6.45, 7) is 1.57. The first-order valence-electron chi connectivity index (χ1n) is 5.00. The van der Waals surface area contributed by atoms with Crippen molar-refractivity contribution in [3.8, 4) is 0 Å². The molecule has 0 saturated carbocycles. The monoisotopic (exact) mass is 235 g/mol. The second-order valence-electron chi connectivity index (χ2n) is 3.63. The van der Waals surface area contributed by atoms with E-state index in [1.54, 1.807) is 19.1 Å². The fourth-order valence-corrected chi connectivity index (χ4v) is 1.50. The van der Waals surface area contributed by atoms with Crippen LogP contribution in [0, 0.1) is 12.7 Å².